The summed E-state index contributed by atoms with van der Waals surface area (Å²) in [6.45, 7) is 0. The minimum absolute atomic E-state index is 0.586. The van der Waals surface area contributed by atoms with Gasteiger partial charge in [0, 0.05) is 7.05 Å². The van der Waals surface area contributed by atoms with Crippen molar-refractivity contribution in [1.82, 2.24) is 15.0 Å². The van der Waals surface area contributed by atoms with Gasteiger partial charge in [-0.2, -0.15) is 13.2 Å². The van der Waals surface area contributed by atoms with Crippen molar-refractivity contribution in [3.8, 4) is 0 Å². The van der Waals surface area contributed by atoms with Crippen LogP contribution in [0.4, 0.5) is 13.2 Å². The number of aryl methyl sites for hydroxylation is 1. The van der Waals surface area contributed by atoms with E-state index >= 15 is 0 Å². The molecule has 11 heavy (non-hydrogen) atoms. The molecule has 0 atom stereocenters. The number of hydrogen-bond donors (Lipinski definition) is 0. The van der Waals surface area contributed by atoms with Gasteiger partial charge in [0.1, 0.15) is 0 Å². The summed E-state index contributed by atoms with van der Waals surface area (Å²) in [4.78, 5) is 0. The summed E-state index contributed by atoms with van der Waals surface area (Å²) < 4.78 is 36.5. The topological polar surface area (TPSA) is 30.7 Å². The maximum atomic E-state index is 12.0. The molecule has 0 aliphatic heterocycles. The average molecular weight is 186 g/mol. The van der Waals surface area contributed by atoms with Crippen LogP contribution in [0.1, 0.15) is 5.69 Å². The fourth-order valence-electron chi connectivity index (χ4n) is 0.632. The minimum Gasteiger partial charge on any atom is -0.242 e. The normalized spacial score (nSPS) is 12.1. The van der Waals surface area contributed by atoms with Gasteiger partial charge in [-0.25, -0.2) is 4.68 Å². The SMILES string of the molecule is Cn1nnc(Cl)c1C(F)(F)F. The summed E-state index contributed by atoms with van der Waals surface area (Å²) >= 11 is 5.12. The molecule has 0 saturated carbocycles. The quantitative estimate of drug-likeness (QED) is 0.613. The van der Waals surface area contributed by atoms with Gasteiger partial charge >= 0.3 is 6.18 Å². The fraction of sp³-hybridized carbons (Fsp3) is 0.500. The van der Waals surface area contributed by atoms with Crippen LogP contribution in [0.2, 0.25) is 5.15 Å². The van der Waals surface area contributed by atoms with Crippen molar-refractivity contribution in [2.24, 2.45) is 7.05 Å². The molecule has 0 N–H and O–H groups in total. The van der Waals surface area contributed by atoms with E-state index in [0.29, 0.717) is 4.68 Å². The van der Waals surface area contributed by atoms with E-state index in [0.717, 1.165) is 7.05 Å². The van der Waals surface area contributed by atoms with Crippen molar-refractivity contribution in [3.63, 3.8) is 0 Å². The molecule has 7 heteroatoms. The Morgan fingerprint density at radius 2 is 2.00 bits per heavy atom. The predicted octanol–water partition coefficient (Wildman–Crippen LogP) is 1.49. The maximum Gasteiger partial charge on any atom is 0.436 e. The maximum absolute atomic E-state index is 12.0. The molecule has 62 valence electrons. The highest BCUT2D eigenvalue weighted by Gasteiger charge is 2.38. The number of halogens is 4. The molecule has 0 fully saturated rings. The van der Waals surface area contributed by atoms with Crippen LogP contribution in [-0.2, 0) is 13.2 Å². The second-order valence-corrected chi connectivity index (χ2v) is 2.21. The summed E-state index contributed by atoms with van der Waals surface area (Å²) in [5.74, 6) is 0. The smallest absolute Gasteiger partial charge is 0.242 e. The third-order valence-electron chi connectivity index (χ3n) is 1.05. The molecule has 0 unspecified atom stereocenters. The molecular formula is C4H3ClF3N3. The molecule has 0 radical (unpaired) electrons. The van der Waals surface area contributed by atoms with E-state index in [1.165, 1.54) is 0 Å². The lowest BCUT2D eigenvalue weighted by Crippen LogP contribution is -2.12. The molecule has 1 aromatic heterocycles. The van der Waals surface area contributed by atoms with Crippen LogP contribution in [0.5, 0.6) is 0 Å². The first kappa shape index (κ1) is 8.32. The second-order valence-electron chi connectivity index (χ2n) is 1.85. The van der Waals surface area contributed by atoms with Gasteiger partial charge in [0.2, 0.25) is 0 Å². The molecule has 0 saturated heterocycles. The van der Waals surface area contributed by atoms with Crippen LogP contribution < -0.4 is 0 Å². The van der Waals surface area contributed by atoms with Crippen molar-refractivity contribution in [1.29, 1.82) is 0 Å². The Morgan fingerprint density at radius 1 is 1.45 bits per heavy atom. The third-order valence-corrected chi connectivity index (χ3v) is 1.31. The lowest BCUT2D eigenvalue weighted by Gasteiger charge is -2.04. The van der Waals surface area contributed by atoms with Crippen LogP contribution in [0.25, 0.3) is 0 Å². The molecular weight excluding hydrogens is 183 g/mol. The highest BCUT2D eigenvalue weighted by atomic mass is 35.5. The van der Waals surface area contributed by atoms with Crippen LogP contribution >= 0.6 is 11.6 Å². The van der Waals surface area contributed by atoms with E-state index in [1.807, 2.05) is 0 Å². The molecule has 0 aliphatic rings. The number of nitrogens with zero attached hydrogens (tertiary/aromatic N) is 3. The number of hydrogen-bond acceptors (Lipinski definition) is 2. The molecule has 1 heterocycles. The van der Waals surface area contributed by atoms with Gasteiger partial charge in [-0.15, -0.1) is 5.10 Å². The van der Waals surface area contributed by atoms with E-state index in [9.17, 15) is 13.2 Å². The zero-order chi connectivity index (χ0) is 8.65. The molecule has 3 nitrogen and oxygen atoms in total. The van der Waals surface area contributed by atoms with Crippen LogP contribution in [0.15, 0.2) is 0 Å². The van der Waals surface area contributed by atoms with Crippen molar-refractivity contribution >= 4 is 11.6 Å². The first-order valence-corrected chi connectivity index (χ1v) is 2.93. The molecule has 0 spiro atoms. The lowest BCUT2D eigenvalue weighted by atomic mass is 10.5. The van der Waals surface area contributed by atoms with Gasteiger partial charge in [0.15, 0.2) is 10.8 Å². The molecule has 0 bridgehead atoms. The van der Waals surface area contributed by atoms with Crippen LogP contribution in [0.3, 0.4) is 0 Å². The first-order valence-electron chi connectivity index (χ1n) is 2.55. The van der Waals surface area contributed by atoms with Crippen molar-refractivity contribution < 1.29 is 13.2 Å². The number of alkyl halides is 3. The highest BCUT2D eigenvalue weighted by Crippen LogP contribution is 2.32. The van der Waals surface area contributed by atoms with Gasteiger partial charge in [0.05, 0.1) is 0 Å². The Hall–Kier alpha value is -0.780. The molecule has 0 aromatic carbocycles. The second kappa shape index (κ2) is 2.37. The fourth-order valence-corrected chi connectivity index (χ4v) is 0.896. The minimum atomic E-state index is -4.49. The van der Waals surface area contributed by atoms with E-state index in [-0.39, 0.29) is 0 Å². The van der Waals surface area contributed by atoms with E-state index in [4.69, 9.17) is 11.6 Å². The zero-order valence-electron chi connectivity index (χ0n) is 5.35. The lowest BCUT2D eigenvalue weighted by molar-refractivity contribution is -0.143. The average Bonchev–Trinajstić information content (AvgIpc) is 2.08. The largest absolute Gasteiger partial charge is 0.436 e. The molecule has 0 amide bonds. The summed E-state index contributed by atoms with van der Waals surface area (Å²) in [7, 11) is 1.13. The Labute approximate surface area is 64.8 Å². The predicted molar refractivity (Wildman–Crippen MR) is 31.0 cm³/mol. The zero-order valence-corrected chi connectivity index (χ0v) is 6.11. The van der Waals surface area contributed by atoms with Gasteiger partial charge < -0.3 is 0 Å². The highest BCUT2D eigenvalue weighted by molar-refractivity contribution is 6.30. The van der Waals surface area contributed by atoms with Crippen molar-refractivity contribution in [3.05, 3.63) is 10.8 Å². The number of rotatable bonds is 0. The van der Waals surface area contributed by atoms with Crippen molar-refractivity contribution in [2.75, 3.05) is 0 Å². The van der Waals surface area contributed by atoms with Crippen LogP contribution in [0, 0.1) is 0 Å². The van der Waals surface area contributed by atoms with Gasteiger partial charge in [0.25, 0.3) is 0 Å². The molecule has 1 rings (SSSR count). The summed E-state index contributed by atoms with van der Waals surface area (Å²) in [6.07, 6.45) is -4.49. The number of aromatic nitrogens is 3. The van der Waals surface area contributed by atoms with Crippen LogP contribution in [-0.4, -0.2) is 15.0 Å². The van der Waals surface area contributed by atoms with Gasteiger partial charge in [-0.1, -0.05) is 16.8 Å². The monoisotopic (exact) mass is 185 g/mol. The Morgan fingerprint density at radius 3 is 2.18 bits per heavy atom. The van der Waals surface area contributed by atoms with E-state index < -0.39 is 17.0 Å². The van der Waals surface area contributed by atoms with Gasteiger partial charge in [-0.05, 0) is 0 Å². The van der Waals surface area contributed by atoms with Gasteiger partial charge in [-0.3, -0.25) is 0 Å². The van der Waals surface area contributed by atoms with Crippen molar-refractivity contribution in [2.45, 2.75) is 6.18 Å². The van der Waals surface area contributed by atoms with E-state index in [1.54, 1.807) is 0 Å². The Kier molecular flexibility index (Phi) is 1.79. The Bertz CT molecular complexity index is 247. The first-order chi connectivity index (χ1) is 4.93. The standard InChI is InChI=1S/C4H3ClF3N3/c1-11-2(4(6,7)8)3(5)9-10-11/h1H3. The molecule has 0 aliphatic carbocycles. The third kappa shape index (κ3) is 1.45. The molecule has 1 aromatic rings. The van der Waals surface area contributed by atoms with E-state index in [2.05, 4.69) is 10.3 Å². The summed E-state index contributed by atoms with van der Waals surface area (Å²) in [6, 6.07) is 0. The summed E-state index contributed by atoms with van der Waals surface area (Å²) in [5, 5.41) is 5.51. The Balaban J connectivity index is 3.21. The summed E-state index contributed by atoms with van der Waals surface area (Å²) in [5.41, 5.74) is -1.03.